The molecule has 4 rings (SSSR count). The lowest BCUT2D eigenvalue weighted by atomic mass is 9.85. The first-order valence-corrected chi connectivity index (χ1v) is 8.88. The van der Waals surface area contributed by atoms with Gasteiger partial charge >= 0.3 is 0 Å². The molecule has 0 radical (unpaired) electrons. The second kappa shape index (κ2) is 5.66. The third kappa shape index (κ3) is 2.29. The summed E-state index contributed by atoms with van der Waals surface area (Å²) < 4.78 is 13.1. The molecule has 1 amide bonds. The van der Waals surface area contributed by atoms with E-state index in [1.54, 1.807) is 0 Å². The highest BCUT2D eigenvalue weighted by Gasteiger charge is 2.60. The zero-order chi connectivity index (χ0) is 16.9. The van der Waals surface area contributed by atoms with Gasteiger partial charge in [0, 0.05) is 32.1 Å². The number of hydrogen-bond acceptors (Lipinski definition) is 3. The number of amides is 1. The van der Waals surface area contributed by atoms with Gasteiger partial charge in [-0.3, -0.25) is 19.6 Å². The van der Waals surface area contributed by atoms with Crippen LogP contribution in [0.3, 0.4) is 0 Å². The smallest absolute Gasteiger partial charge is 0.256 e. The molecule has 1 saturated carbocycles. The third-order valence-electron chi connectivity index (χ3n) is 6.03. The van der Waals surface area contributed by atoms with Crippen LogP contribution < -0.4 is 0 Å². The van der Waals surface area contributed by atoms with Crippen molar-refractivity contribution in [2.45, 2.75) is 38.8 Å². The summed E-state index contributed by atoms with van der Waals surface area (Å²) in [5.74, 6) is 1.75. The van der Waals surface area contributed by atoms with Crippen LogP contribution in [0.4, 0.5) is 4.39 Å². The van der Waals surface area contributed by atoms with Gasteiger partial charge in [-0.1, -0.05) is 12.1 Å². The summed E-state index contributed by atoms with van der Waals surface area (Å²) in [6.07, 6.45) is 1.96. The highest BCUT2D eigenvalue weighted by atomic mass is 19.1. The van der Waals surface area contributed by atoms with Gasteiger partial charge in [0.05, 0.1) is 0 Å². The van der Waals surface area contributed by atoms with E-state index in [2.05, 4.69) is 4.90 Å². The van der Waals surface area contributed by atoms with E-state index in [-0.39, 0.29) is 11.7 Å². The molecule has 24 heavy (non-hydrogen) atoms. The van der Waals surface area contributed by atoms with Crippen LogP contribution in [-0.2, 0) is 11.3 Å². The number of carbonyl (C=O) groups excluding carboxylic acids is 1. The Morgan fingerprint density at radius 3 is 2.71 bits per heavy atom. The van der Waals surface area contributed by atoms with Gasteiger partial charge in [-0.05, 0) is 50.3 Å². The molecule has 1 saturated heterocycles. The van der Waals surface area contributed by atoms with E-state index in [1.165, 1.54) is 12.1 Å². The summed E-state index contributed by atoms with van der Waals surface area (Å²) >= 11 is 0. The lowest BCUT2D eigenvalue weighted by molar-refractivity contribution is -0.132. The number of amidine groups is 1. The molecule has 4 nitrogen and oxygen atoms in total. The van der Waals surface area contributed by atoms with Crippen molar-refractivity contribution in [1.82, 2.24) is 9.80 Å². The van der Waals surface area contributed by atoms with Gasteiger partial charge in [-0.15, -0.1) is 0 Å². The minimum absolute atomic E-state index is 0.197. The second-order valence-electron chi connectivity index (χ2n) is 7.36. The van der Waals surface area contributed by atoms with Crippen molar-refractivity contribution in [3.63, 3.8) is 0 Å². The molecule has 1 aromatic rings. The Balaban J connectivity index is 1.52. The topological polar surface area (TPSA) is 35.9 Å². The van der Waals surface area contributed by atoms with Crippen LogP contribution in [0.15, 0.2) is 29.3 Å². The highest BCUT2D eigenvalue weighted by molar-refractivity contribution is 6.07. The van der Waals surface area contributed by atoms with Crippen LogP contribution in [0, 0.1) is 17.7 Å². The first-order valence-electron chi connectivity index (χ1n) is 8.88. The van der Waals surface area contributed by atoms with Crippen LogP contribution in [0.5, 0.6) is 0 Å². The largest absolute Gasteiger partial charge is 0.299 e. The molecular formula is C19H24FN3O. The minimum atomic E-state index is -0.512. The molecule has 1 aliphatic carbocycles. The van der Waals surface area contributed by atoms with E-state index < -0.39 is 5.54 Å². The zero-order valence-corrected chi connectivity index (χ0v) is 14.3. The van der Waals surface area contributed by atoms with Crippen LogP contribution in [0.25, 0.3) is 0 Å². The Labute approximate surface area is 142 Å². The predicted octanol–water partition coefficient (Wildman–Crippen LogP) is 2.69. The lowest BCUT2D eigenvalue weighted by Crippen LogP contribution is -2.46. The fourth-order valence-corrected chi connectivity index (χ4v) is 4.92. The number of halogens is 1. The Morgan fingerprint density at radius 1 is 1.29 bits per heavy atom. The van der Waals surface area contributed by atoms with Gasteiger partial charge in [0.1, 0.15) is 17.2 Å². The molecule has 2 heterocycles. The molecule has 0 aromatic heterocycles. The molecule has 5 heteroatoms. The molecule has 0 N–H and O–H groups in total. The number of fused-ring (bicyclic) bond motifs is 2. The average Bonchev–Trinajstić information content (AvgIpc) is 3.17. The van der Waals surface area contributed by atoms with Crippen molar-refractivity contribution in [2.75, 3.05) is 19.6 Å². The number of aliphatic imine (C=N–C) groups is 1. The summed E-state index contributed by atoms with van der Waals surface area (Å²) in [6.45, 7) is 7.40. The van der Waals surface area contributed by atoms with Crippen LogP contribution >= 0.6 is 0 Å². The molecule has 3 aliphatic rings. The molecular weight excluding hydrogens is 305 g/mol. The molecule has 3 atom stereocenters. The predicted molar refractivity (Wildman–Crippen MR) is 91.1 cm³/mol. The Kier molecular flexibility index (Phi) is 3.71. The van der Waals surface area contributed by atoms with Crippen molar-refractivity contribution >= 4 is 11.7 Å². The SMILES string of the molecule is CCN1C(=O)[C@]2(CC[C@@H]3CN(Cc4ccc(F)cc4)C[C@@H]32)N=C1C. The fourth-order valence-electron chi connectivity index (χ4n) is 4.92. The van der Waals surface area contributed by atoms with Gasteiger partial charge in [0.15, 0.2) is 0 Å². The fraction of sp³-hybridized carbons (Fsp3) is 0.579. The summed E-state index contributed by atoms with van der Waals surface area (Å²) in [5.41, 5.74) is 0.612. The molecule has 128 valence electrons. The summed E-state index contributed by atoms with van der Waals surface area (Å²) in [4.78, 5) is 22.1. The Hall–Kier alpha value is -1.75. The number of hydrogen-bond donors (Lipinski definition) is 0. The minimum Gasteiger partial charge on any atom is -0.299 e. The maximum absolute atomic E-state index is 13.1. The second-order valence-corrected chi connectivity index (χ2v) is 7.36. The maximum Gasteiger partial charge on any atom is 0.256 e. The van der Waals surface area contributed by atoms with Crippen molar-refractivity contribution < 1.29 is 9.18 Å². The van der Waals surface area contributed by atoms with Crippen molar-refractivity contribution in [3.8, 4) is 0 Å². The first-order chi connectivity index (χ1) is 11.5. The van der Waals surface area contributed by atoms with Gasteiger partial charge in [0.2, 0.25) is 0 Å². The van der Waals surface area contributed by atoms with Crippen LogP contribution in [-0.4, -0.2) is 46.7 Å². The zero-order valence-electron chi connectivity index (χ0n) is 14.3. The molecule has 2 fully saturated rings. The van der Waals surface area contributed by atoms with Crippen molar-refractivity contribution in [2.24, 2.45) is 16.8 Å². The van der Waals surface area contributed by atoms with E-state index in [4.69, 9.17) is 4.99 Å². The molecule has 0 unspecified atom stereocenters. The Morgan fingerprint density at radius 2 is 2.04 bits per heavy atom. The van der Waals surface area contributed by atoms with E-state index in [1.807, 2.05) is 30.9 Å². The van der Waals surface area contributed by atoms with E-state index >= 15 is 0 Å². The number of benzene rings is 1. The third-order valence-corrected chi connectivity index (χ3v) is 6.03. The quantitative estimate of drug-likeness (QED) is 0.855. The summed E-state index contributed by atoms with van der Waals surface area (Å²) in [5, 5.41) is 0. The van der Waals surface area contributed by atoms with E-state index in [0.29, 0.717) is 18.4 Å². The maximum atomic E-state index is 13.1. The monoisotopic (exact) mass is 329 g/mol. The first kappa shape index (κ1) is 15.8. The highest BCUT2D eigenvalue weighted by Crippen LogP contribution is 2.50. The normalized spacial score (nSPS) is 32.7. The molecule has 1 spiro atoms. The van der Waals surface area contributed by atoms with Crippen LogP contribution in [0.1, 0.15) is 32.3 Å². The standard InChI is InChI=1S/C19H24FN3O/c1-3-23-13(2)21-19(18(23)24)9-8-15-11-22(12-17(15)19)10-14-4-6-16(20)7-5-14/h4-7,15,17H,3,8-12H2,1-2H3/t15-,17+,19-/m1/s1. The number of rotatable bonds is 3. The van der Waals surface area contributed by atoms with Crippen molar-refractivity contribution in [3.05, 3.63) is 35.6 Å². The number of likely N-dealkylation sites (tertiary alicyclic amines) is 1. The Bertz CT molecular complexity index is 686. The number of likely N-dealkylation sites (N-methyl/N-ethyl adjacent to an activating group) is 1. The summed E-state index contributed by atoms with van der Waals surface area (Å²) in [7, 11) is 0. The molecule has 1 aromatic carbocycles. The lowest BCUT2D eigenvalue weighted by Gasteiger charge is -2.28. The van der Waals surface area contributed by atoms with E-state index in [9.17, 15) is 9.18 Å². The molecule has 2 aliphatic heterocycles. The van der Waals surface area contributed by atoms with Gasteiger partial charge in [0.25, 0.3) is 5.91 Å². The number of carbonyl (C=O) groups is 1. The van der Waals surface area contributed by atoms with Gasteiger partial charge in [-0.25, -0.2) is 4.39 Å². The van der Waals surface area contributed by atoms with Gasteiger partial charge in [-0.2, -0.15) is 0 Å². The van der Waals surface area contributed by atoms with Crippen molar-refractivity contribution in [1.29, 1.82) is 0 Å². The van der Waals surface area contributed by atoms with Crippen LogP contribution in [0.2, 0.25) is 0 Å². The average molecular weight is 329 g/mol. The number of nitrogens with zero attached hydrogens (tertiary/aromatic N) is 3. The van der Waals surface area contributed by atoms with Gasteiger partial charge < -0.3 is 0 Å². The molecule has 0 bridgehead atoms. The summed E-state index contributed by atoms with van der Waals surface area (Å²) in [6, 6.07) is 6.73. The van der Waals surface area contributed by atoms with E-state index in [0.717, 1.165) is 43.9 Å².